The van der Waals surface area contributed by atoms with Gasteiger partial charge in [0.1, 0.15) is 10.6 Å². The summed E-state index contributed by atoms with van der Waals surface area (Å²) >= 11 is 1.53. The van der Waals surface area contributed by atoms with Crippen LogP contribution in [0.1, 0.15) is 58.9 Å². The molecule has 4 rings (SSSR count). The Bertz CT molecular complexity index is 1100. The van der Waals surface area contributed by atoms with E-state index in [0.717, 1.165) is 41.9 Å². The van der Waals surface area contributed by atoms with Crippen molar-refractivity contribution in [3.63, 3.8) is 0 Å². The zero-order valence-electron chi connectivity index (χ0n) is 17.7. The second kappa shape index (κ2) is 8.60. The van der Waals surface area contributed by atoms with Crippen LogP contribution >= 0.6 is 11.3 Å². The van der Waals surface area contributed by atoms with Gasteiger partial charge in [-0.1, -0.05) is 13.0 Å². The minimum absolute atomic E-state index is 0.0996. The number of esters is 1. The van der Waals surface area contributed by atoms with E-state index in [2.05, 4.69) is 17.2 Å². The van der Waals surface area contributed by atoms with E-state index < -0.39 is 0 Å². The van der Waals surface area contributed by atoms with Gasteiger partial charge in [-0.15, -0.1) is 11.3 Å². The number of anilines is 1. The van der Waals surface area contributed by atoms with E-state index in [1.54, 1.807) is 6.92 Å². The van der Waals surface area contributed by atoms with E-state index in [0.29, 0.717) is 35.9 Å². The van der Waals surface area contributed by atoms with Gasteiger partial charge in [-0.3, -0.25) is 4.79 Å². The van der Waals surface area contributed by atoms with Gasteiger partial charge in [0.25, 0.3) is 0 Å². The summed E-state index contributed by atoms with van der Waals surface area (Å²) < 4.78 is 7.31. The van der Waals surface area contributed by atoms with Crippen LogP contribution in [-0.4, -0.2) is 27.9 Å². The third-order valence-corrected chi connectivity index (χ3v) is 6.83. The standard InChI is InChI=1S/C23H27N3O3S/c1-4-29-23(28)21-16-9-8-14(2)13-18(16)30-22(21)25-20(27)11-10-17-15(3)24-19-7-5-6-12-26(17)19/h5-7,12,14H,4,8-11,13H2,1-3H3,(H,25,27). The molecule has 0 saturated carbocycles. The molecule has 0 bridgehead atoms. The monoisotopic (exact) mass is 425 g/mol. The smallest absolute Gasteiger partial charge is 0.341 e. The van der Waals surface area contributed by atoms with E-state index in [-0.39, 0.29) is 11.9 Å². The van der Waals surface area contributed by atoms with Crippen molar-refractivity contribution in [2.45, 2.75) is 52.9 Å². The normalized spacial score (nSPS) is 15.8. The number of carbonyl (C=O) groups is 2. The molecule has 0 radical (unpaired) electrons. The number of hydrogen-bond donors (Lipinski definition) is 1. The molecule has 1 N–H and O–H groups in total. The van der Waals surface area contributed by atoms with Crippen molar-refractivity contribution in [3.8, 4) is 0 Å². The summed E-state index contributed by atoms with van der Waals surface area (Å²) in [5.41, 5.74) is 4.47. The van der Waals surface area contributed by atoms with E-state index in [1.165, 1.54) is 16.2 Å². The van der Waals surface area contributed by atoms with Gasteiger partial charge in [0.15, 0.2) is 0 Å². The van der Waals surface area contributed by atoms with Crippen molar-refractivity contribution >= 4 is 33.9 Å². The predicted molar refractivity (Wildman–Crippen MR) is 118 cm³/mol. The van der Waals surface area contributed by atoms with Gasteiger partial charge in [0, 0.05) is 23.2 Å². The molecule has 1 atom stereocenters. The fourth-order valence-electron chi connectivity index (χ4n) is 4.14. The molecule has 30 heavy (non-hydrogen) atoms. The van der Waals surface area contributed by atoms with Crippen LogP contribution in [0.25, 0.3) is 5.65 Å². The Balaban J connectivity index is 1.52. The van der Waals surface area contributed by atoms with E-state index >= 15 is 0 Å². The van der Waals surface area contributed by atoms with Gasteiger partial charge in [0.2, 0.25) is 5.91 Å². The van der Waals surface area contributed by atoms with Crippen molar-refractivity contribution in [3.05, 3.63) is 51.8 Å². The fraction of sp³-hybridized carbons (Fsp3) is 0.435. The number of aryl methyl sites for hydroxylation is 2. The molecule has 1 unspecified atom stereocenters. The van der Waals surface area contributed by atoms with Gasteiger partial charge < -0.3 is 14.5 Å². The number of thiophene rings is 1. The third-order valence-electron chi connectivity index (χ3n) is 5.66. The van der Waals surface area contributed by atoms with Crippen molar-refractivity contribution in [1.82, 2.24) is 9.38 Å². The van der Waals surface area contributed by atoms with E-state index in [4.69, 9.17) is 4.74 Å². The lowest BCUT2D eigenvalue weighted by atomic mass is 9.88. The molecule has 3 heterocycles. The molecule has 3 aromatic rings. The van der Waals surface area contributed by atoms with Gasteiger partial charge >= 0.3 is 5.97 Å². The highest BCUT2D eigenvalue weighted by Gasteiger charge is 2.29. The number of fused-ring (bicyclic) bond motifs is 2. The molecule has 0 spiro atoms. The van der Waals surface area contributed by atoms with Crippen LogP contribution in [0.5, 0.6) is 0 Å². The molecule has 0 aliphatic heterocycles. The number of imidazole rings is 1. The average Bonchev–Trinajstić information content (AvgIpc) is 3.22. The van der Waals surface area contributed by atoms with Crippen LogP contribution in [0.3, 0.4) is 0 Å². The number of hydrogen-bond acceptors (Lipinski definition) is 5. The molecule has 3 aromatic heterocycles. The lowest BCUT2D eigenvalue weighted by molar-refractivity contribution is -0.116. The lowest BCUT2D eigenvalue weighted by Gasteiger charge is -2.18. The van der Waals surface area contributed by atoms with Crippen LogP contribution < -0.4 is 5.32 Å². The molecular formula is C23H27N3O3S. The second-order valence-corrected chi connectivity index (χ2v) is 9.00. The van der Waals surface area contributed by atoms with Gasteiger partial charge in [-0.25, -0.2) is 9.78 Å². The highest BCUT2D eigenvalue weighted by molar-refractivity contribution is 7.17. The highest BCUT2D eigenvalue weighted by atomic mass is 32.1. The molecule has 0 fully saturated rings. The number of rotatable bonds is 6. The third kappa shape index (κ3) is 3.99. The summed E-state index contributed by atoms with van der Waals surface area (Å²) in [6.45, 7) is 6.31. The molecule has 7 heteroatoms. The zero-order chi connectivity index (χ0) is 21.3. The van der Waals surface area contributed by atoms with Crippen LogP contribution in [0.4, 0.5) is 5.00 Å². The molecule has 6 nitrogen and oxygen atoms in total. The number of nitrogens with one attached hydrogen (secondary N) is 1. The minimum atomic E-state index is -0.336. The number of aromatic nitrogens is 2. The number of amides is 1. The van der Waals surface area contributed by atoms with Crippen LogP contribution in [0.15, 0.2) is 24.4 Å². The van der Waals surface area contributed by atoms with Gasteiger partial charge in [-0.2, -0.15) is 0 Å². The summed E-state index contributed by atoms with van der Waals surface area (Å²) in [6.07, 6.45) is 5.73. The van der Waals surface area contributed by atoms with E-state index in [9.17, 15) is 9.59 Å². The zero-order valence-corrected chi connectivity index (χ0v) is 18.5. The largest absolute Gasteiger partial charge is 0.462 e. The molecule has 1 aliphatic rings. The predicted octanol–water partition coefficient (Wildman–Crippen LogP) is 4.58. The summed E-state index contributed by atoms with van der Waals surface area (Å²) in [4.78, 5) is 31.2. The van der Waals surface area contributed by atoms with Gasteiger partial charge in [-0.05, 0) is 63.1 Å². The Morgan fingerprint density at radius 2 is 2.20 bits per heavy atom. The number of pyridine rings is 1. The first kappa shape index (κ1) is 20.6. The van der Waals surface area contributed by atoms with Crippen molar-refractivity contribution in [2.75, 3.05) is 11.9 Å². The maximum atomic E-state index is 12.8. The van der Waals surface area contributed by atoms with Crippen molar-refractivity contribution < 1.29 is 14.3 Å². The summed E-state index contributed by atoms with van der Waals surface area (Å²) in [6, 6.07) is 5.87. The Kier molecular flexibility index (Phi) is 5.90. The Morgan fingerprint density at radius 3 is 3.00 bits per heavy atom. The first-order valence-corrected chi connectivity index (χ1v) is 11.3. The number of carbonyl (C=O) groups excluding carboxylic acids is 2. The van der Waals surface area contributed by atoms with E-state index in [1.807, 2.05) is 35.7 Å². The summed E-state index contributed by atoms with van der Waals surface area (Å²) in [5.74, 6) is 0.155. The summed E-state index contributed by atoms with van der Waals surface area (Å²) in [5, 5.41) is 3.63. The minimum Gasteiger partial charge on any atom is -0.462 e. The fourth-order valence-corrected chi connectivity index (χ4v) is 5.56. The molecule has 1 amide bonds. The van der Waals surface area contributed by atoms with Crippen LogP contribution in [0, 0.1) is 12.8 Å². The van der Waals surface area contributed by atoms with Crippen molar-refractivity contribution in [1.29, 1.82) is 0 Å². The Hall–Kier alpha value is -2.67. The van der Waals surface area contributed by atoms with Crippen LogP contribution in [-0.2, 0) is 28.8 Å². The van der Waals surface area contributed by atoms with Crippen LogP contribution in [0.2, 0.25) is 0 Å². The molecule has 158 valence electrons. The number of ether oxygens (including phenoxy) is 1. The first-order chi connectivity index (χ1) is 14.5. The maximum absolute atomic E-state index is 12.8. The number of nitrogens with zero attached hydrogens (tertiary/aromatic N) is 2. The SMILES string of the molecule is CCOC(=O)c1c(NC(=O)CCc2c(C)nc3ccccn23)sc2c1CCC(C)C2. The summed E-state index contributed by atoms with van der Waals surface area (Å²) in [7, 11) is 0. The second-order valence-electron chi connectivity index (χ2n) is 7.90. The van der Waals surface area contributed by atoms with Gasteiger partial charge in [0.05, 0.1) is 17.9 Å². The molecule has 0 saturated heterocycles. The quantitative estimate of drug-likeness (QED) is 0.587. The first-order valence-electron chi connectivity index (χ1n) is 10.5. The molecule has 1 aliphatic carbocycles. The van der Waals surface area contributed by atoms with Crippen molar-refractivity contribution in [2.24, 2.45) is 5.92 Å². The maximum Gasteiger partial charge on any atom is 0.341 e. The lowest BCUT2D eigenvalue weighted by Crippen LogP contribution is -2.17. The Labute approximate surface area is 180 Å². The molecular weight excluding hydrogens is 398 g/mol. The average molecular weight is 426 g/mol. The Morgan fingerprint density at radius 1 is 1.37 bits per heavy atom. The molecule has 0 aromatic carbocycles. The topological polar surface area (TPSA) is 72.7 Å². The highest BCUT2D eigenvalue weighted by Crippen LogP contribution is 2.40.